The minimum absolute atomic E-state index is 0.0222. The van der Waals surface area contributed by atoms with Crippen LogP contribution in [0.4, 0.5) is 5.69 Å². The average Bonchev–Trinajstić information content (AvgIpc) is 2.17. The number of hydrogen-bond donors (Lipinski definition) is 2. The lowest BCUT2D eigenvalue weighted by molar-refractivity contribution is -0.137. The summed E-state index contributed by atoms with van der Waals surface area (Å²) in [5.41, 5.74) is 7.53. The van der Waals surface area contributed by atoms with Crippen molar-refractivity contribution in [1.82, 2.24) is 0 Å². The fourth-order valence-electron chi connectivity index (χ4n) is 1.41. The van der Waals surface area contributed by atoms with Gasteiger partial charge in [0, 0.05) is 10.6 Å². The third kappa shape index (κ3) is 3.16. The molecule has 1 aromatic rings. The van der Waals surface area contributed by atoms with Gasteiger partial charge >= 0.3 is 5.97 Å². The Balaban J connectivity index is 2.90. The Bertz CT molecular complexity index is 366. The maximum Gasteiger partial charge on any atom is 0.303 e. The summed E-state index contributed by atoms with van der Waals surface area (Å²) in [4.78, 5) is 11.6. The van der Waals surface area contributed by atoms with Crippen molar-refractivity contribution in [2.45, 2.75) is 24.2 Å². The average molecular weight is 225 g/mol. The molecule has 0 radical (unpaired) electrons. The summed E-state index contributed by atoms with van der Waals surface area (Å²) in [5, 5.41) is 8.70. The maximum atomic E-state index is 10.6. The Kier molecular flexibility index (Phi) is 4.03. The lowest BCUT2D eigenvalue weighted by Crippen LogP contribution is -2.03. The maximum absolute atomic E-state index is 10.6. The quantitative estimate of drug-likeness (QED) is 0.610. The van der Waals surface area contributed by atoms with Gasteiger partial charge in [-0.2, -0.15) is 0 Å². The molecule has 0 aliphatic rings. The highest BCUT2D eigenvalue weighted by molar-refractivity contribution is 7.98. The van der Waals surface area contributed by atoms with Crippen LogP contribution in [0.2, 0.25) is 0 Å². The summed E-state index contributed by atoms with van der Waals surface area (Å²) < 4.78 is 0. The van der Waals surface area contributed by atoms with Crippen LogP contribution in [-0.2, 0) is 4.79 Å². The number of rotatable bonds is 4. The van der Waals surface area contributed by atoms with E-state index >= 15 is 0 Å². The fourth-order valence-corrected chi connectivity index (χ4v) is 1.97. The minimum atomic E-state index is -0.773. The first kappa shape index (κ1) is 11.9. The molecule has 0 aromatic heterocycles. The Labute approximate surface area is 93.7 Å². The molecule has 0 aliphatic heterocycles. The highest BCUT2D eigenvalue weighted by atomic mass is 32.2. The predicted octanol–water partition coefficient (Wildman–Crippen LogP) is 2.57. The normalized spacial score (nSPS) is 12.4. The van der Waals surface area contributed by atoms with Gasteiger partial charge in [0.15, 0.2) is 0 Å². The van der Waals surface area contributed by atoms with E-state index < -0.39 is 5.97 Å². The van der Waals surface area contributed by atoms with Crippen molar-refractivity contribution in [3.8, 4) is 0 Å². The number of benzene rings is 1. The van der Waals surface area contributed by atoms with E-state index in [9.17, 15) is 4.79 Å². The molecule has 0 heterocycles. The van der Waals surface area contributed by atoms with E-state index in [2.05, 4.69) is 0 Å². The number of nitrogen functional groups attached to an aromatic ring is 1. The Morgan fingerprint density at radius 1 is 1.60 bits per heavy atom. The summed E-state index contributed by atoms with van der Waals surface area (Å²) in [6.45, 7) is 1.91. The molecule has 82 valence electrons. The summed E-state index contributed by atoms with van der Waals surface area (Å²) in [6.07, 6.45) is 2.11. The Hall–Kier alpha value is -1.16. The molecule has 3 nitrogen and oxygen atoms in total. The van der Waals surface area contributed by atoms with Crippen LogP contribution in [0.5, 0.6) is 0 Å². The number of carboxylic acids is 1. The van der Waals surface area contributed by atoms with Gasteiger partial charge in [0.1, 0.15) is 0 Å². The van der Waals surface area contributed by atoms with Crippen molar-refractivity contribution in [2.75, 3.05) is 12.0 Å². The van der Waals surface area contributed by atoms with E-state index in [-0.39, 0.29) is 12.3 Å². The van der Waals surface area contributed by atoms with E-state index in [1.54, 1.807) is 11.8 Å². The molecule has 1 atom stereocenters. The molecule has 0 fully saturated rings. The van der Waals surface area contributed by atoms with Gasteiger partial charge < -0.3 is 10.8 Å². The van der Waals surface area contributed by atoms with Crippen molar-refractivity contribution in [3.63, 3.8) is 0 Å². The topological polar surface area (TPSA) is 63.3 Å². The van der Waals surface area contributed by atoms with E-state index in [0.29, 0.717) is 0 Å². The molecule has 0 saturated carbocycles. The first-order chi connectivity index (χ1) is 7.04. The zero-order valence-corrected chi connectivity index (χ0v) is 9.67. The van der Waals surface area contributed by atoms with Crippen LogP contribution >= 0.6 is 11.8 Å². The molecule has 0 amide bonds. The summed E-state index contributed by atoms with van der Waals surface area (Å²) in [5.74, 6) is -0.751. The second-order valence-electron chi connectivity index (χ2n) is 3.50. The number of anilines is 1. The summed E-state index contributed by atoms with van der Waals surface area (Å²) >= 11 is 1.57. The molecule has 0 spiro atoms. The van der Waals surface area contributed by atoms with Gasteiger partial charge in [-0.3, -0.25) is 4.79 Å². The lowest BCUT2D eigenvalue weighted by atomic mass is 9.98. The van der Waals surface area contributed by atoms with Gasteiger partial charge in [0.2, 0.25) is 0 Å². The highest BCUT2D eigenvalue weighted by Gasteiger charge is 2.11. The molecule has 3 N–H and O–H groups in total. The smallest absolute Gasteiger partial charge is 0.303 e. The van der Waals surface area contributed by atoms with Crippen molar-refractivity contribution in [2.24, 2.45) is 0 Å². The third-order valence-electron chi connectivity index (χ3n) is 2.31. The van der Waals surface area contributed by atoms with Crippen LogP contribution in [0.1, 0.15) is 24.8 Å². The molecule has 15 heavy (non-hydrogen) atoms. The number of hydrogen-bond acceptors (Lipinski definition) is 3. The number of aliphatic carboxylic acids is 1. The summed E-state index contributed by atoms with van der Waals surface area (Å²) in [7, 11) is 0. The zero-order chi connectivity index (χ0) is 11.4. The van der Waals surface area contributed by atoms with Crippen molar-refractivity contribution in [3.05, 3.63) is 23.8 Å². The highest BCUT2D eigenvalue weighted by Crippen LogP contribution is 2.28. The minimum Gasteiger partial charge on any atom is -0.481 e. The van der Waals surface area contributed by atoms with Gasteiger partial charge in [0.25, 0.3) is 0 Å². The molecule has 1 rings (SSSR count). The van der Waals surface area contributed by atoms with Crippen LogP contribution < -0.4 is 5.73 Å². The van der Waals surface area contributed by atoms with Crippen molar-refractivity contribution >= 4 is 23.4 Å². The van der Waals surface area contributed by atoms with Crippen LogP contribution in [0.3, 0.4) is 0 Å². The van der Waals surface area contributed by atoms with Gasteiger partial charge in [-0.05, 0) is 29.9 Å². The molecule has 4 heteroatoms. The lowest BCUT2D eigenvalue weighted by Gasteiger charge is -2.11. The summed E-state index contributed by atoms with van der Waals surface area (Å²) in [6, 6.07) is 5.69. The monoisotopic (exact) mass is 225 g/mol. The molecular weight excluding hydrogens is 210 g/mol. The van der Waals surface area contributed by atoms with Crippen LogP contribution in [0.25, 0.3) is 0 Å². The van der Waals surface area contributed by atoms with Gasteiger partial charge in [-0.15, -0.1) is 11.8 Å². The first-order valence-corrected chi connectivity index (χ1v) is 5.92. The number of carbonyl (C=O) groups is 1. The second-order valence-corrected chi connectivity index (χ2v) is 4.35. The second kappa shape index (κ2) is 5.07. The standard InChI is InChI=1S/C11H15NO2S/c1-7(5-11(13)14)8-3-4-9(12)10(6-8)15-2/h3-4,6-7H,5,12H2,1-2H3,(H,13,14). The van der Waals surface area contributed by atoms with E-state index in [4.69, 9.17) is 10.8 Å². The zero-order valence-electron chi connectivity index (χ0n) is 8.86. The third-order valence-corrected chi connectivity index (χ3v) is 3.10. The number of thioether (sulfide) groups is 1. The van der Waals surface area contributed by atoms with Gasteiger partial charge in [-0.25, -0.2) is 0 Å². The van der Waals surface area contributed by atoms with E-state index in [0.717, 1.165) is 16.1 Å². The predicted molar refractivity (Wildman–Crippen MR) is 63.3 cm³/mol. The van der Waals surface area contributed by atoms with Crippen molar-refractivity contribution in [1.29, 1.82) is 0 Å². The molecule has 0 saturated heterocycles. The van der Waals surface area contributed by atoms with Crippen molar-refractivity contribution < 1.29 is 9.90 Å². The molecular formula is C11H15NO2S. The van der Waals surface area contributed by atoms with Gasteiger partial charge in [0.05, 0.1) is 6.42 Å². The van der Waals surface area contributed by atoms with E-state index in [1.807, 2.05) is 31.4 Å². The Morgan fingerprint density at radius 3 is 2.80 bits per heavy atom. The van der Waals surface area contributed by atoms with E-state index in [1.165, 1.54) is 0 Å². The number of nitrogens with two attached hydrogens (primary N) is 1. The SMILES string of the molecule is CSc1cc(C(C)CC(=O)O)ccc1N. The first-order valence-electron chi connectivity index (χ1n) is 4.69. The van der Waals surface area contributed by atoms with Crippen LogP contribution in [0, 0.1) is 0 Å². The molecule has 0 bridgehead atoms. The number of carboxylic acid groups (broad SMARTS) is 1. The Morgan fingerprint density at radius 2 is 2.27 bits per heavy atom. The van der Waals surface area contributed by atoms with Crippen LogP contribution in [0.15, 0.2) is 23.1 Å². The molecule has 0 aliphatic carbocycles. The van der Waals surface area contributed by atoms with Crippen LogP contribution in [-0.4, -0.2) is 17.3 Å². The largest absolute Gasteiger partial charge is 0.481 e. The molecule has 1 unspecified atom stereocenters. The molecule has 1 aromatic carbocycles. The van der Waals surface area contributed by atoms with Gasteiger partial charge in [-0.1, -0.05) is 13.0 Å². The fraction of sp³-hybridized carbons (Fsp3) is 0.364.